The molecule has 26 heavy (non-hydrogen) atoms. The minimum atomic E-state index is -0.859. The average Bonchev–Trinajstić information content (AvgIpc) is 2.88. The van der Waals surface area contributed by atoms with Gasteiger partial charge in [-0.2, -0.15) is 0 Å². The Kier molecular flexibility index (Phi) is 6.76. The molecular formula is C22H28O3S. The predicted molar refractivity (Wildman–Crippen MR) is 107 cm³/mol. The van der Waals surface area contributed by atoms with Crippen molar-refractivity contribution in [2.45, 2.75) is 59.8 Å². The topological polar surface area (TPSA) is 54.4 Å². The zero-order valence-corrected chi connectivity index (χ0v) is 16.9. The Hall–Kier alpha value is -1.94. The quantitative estimate of drug-likeness (QED) is 0.582. The summed E-state index contributed by atoms with van der Waals surface area (Å²) in [6, 6.07) is 10.5. The summed E-state index contributed by atoms with van der Waals surface area (Å²) in [6.07, 6.45) is 3.15. The number of hydrogen-bond acceptors (Lipinski definition) is 3. The molecular weight excluding hydrogens is 344 g/mol. The lowest BCUT2D eigenvalue weighted by Crippen LogP contribution is -2.21. The van der Waals surface area contributed by atoms with Gasteiger partial charge in [0, 0.05) is 21.7 Å². The molecule has 1 aromatic carbocycles. The van der Waals surface area contributed by atoms with Gasteiger partial charge in [-0.3, -0.25) is 9.59 Å². The summed E-state index contributed by atoms with van der Waals surface area (Å²) in [7, 11) is 0. The van der Waals surface area contributed by atoms with E-state index in [1.807, 2.05) is 26.8 Å². The van der Waals surface area contributed by atoms with Crippen molar-refractivity contribution < 1.29 is 14.7 Å². The van der Waals surface area contributed by atoms with E-state index in [-0.39, 0.29) is 18.6 Å². The standard InChI is InChI=1S/C22H28O3S/c1-15-8-10-17(11-9-15)6-5-7-20-18(12-16(2)26-20)19(23)13-22(3,4)14-21(24)25/h8-12H,5-7,13-14H2,1-4H3,(H,24,25). The lowest BCUT2D eigenvalue weighted by Gasteiger charge is -2.21. The molecule has 1 aromatic heterocycles. The highest BCUT2D eigenvalue weighted by atomic mass is 32.1. The Labute approximate surface area is 160 Å². The van der Waals surface area contributed by atoms with Crippen LogP contribution in [0.1, 0.15) is 64.3 Å². The minimum Gasteiger partial charge on any atom is -0.481 e. The third-order valence-electron chi connectivity index (χ3n) is 4.49. The van der Waals surface area contributed by atoms with Crippen molar-refractivity contribution in [3.63, 3.8) is 0 Å². The molecule has 2 aromatic rings. The van der Waals surface area contributed by atoms with Crippen LogP contribution in [0.5, 0.6) is 0 Å². The summed E-state index contributed by atoms with van der Waals surface area (Å²) in [6.45, 7) is 7.79. The highest BCUT2D eigenvalue weighted by Crippen LogP contribution is 2.31. The summed E-state index contributed by atoms with van der Waals surface area (Å²) in [4.78, 5) is 26.0. The molecule has 0 saturated carbocycles. The first-order valence-electron chi connectivity index (χ1n) is 9.06. The van der Waals surface area contributed by atoms with Gasteiger partial charge in [-0.15, -0.1) is 11.3 Å². The van der Waals surface area contributed by atoms with Crippen LogP contribution < -0.4 is 0 Å². The van der Waals surface area contributed by atoms with Crippen molar-refractivity contribution in [2.75, 3.05) is 0 Å². The predicted octanol–water partition coefficient (Wildman–Crippen LogP) is 5.61. The van der Waals surface area contributed by atoms with Gasteiger partial charge in [0.25, 0.3) is 0 Å². The smallest absolute Gasteiger partial charge is 0.303 e. The number of carboxylic acid groups (broad SMARTS) is 1. The molecule has 0 aliphatic rings. The zero-order chi connectivity index (χ0) is 19.3. The van der Waals surface area contributed by atoms with Crippen molar-refractivity contribution in [3.05, 3.63) is 56.8 Å². The molecule has 0 aliphatic heterocycles. The first-order valence-corrected chi connectivity index (χ1v) is 9.88. The van der Waals surface area contributed by atoms with Gasteiger partial charge in [0.1, 0.15) is 0 Å². The van der Waals surface area contributed by atoms with E-state index >= 15 is 0 Å². The number of benzene rings is 1. The highest BCUT2D eigenvalue weighted by Gasteiger charge is 2.27. The van der Waals surface area contributed by atoms with Gasteiger partial charge in [-0.1, -0.05) is 43.7 Å². The number of ketones is 1. The molecule has 2 rings (SSSR count). The van der Waals surface area contributed by atoms with Crippen molar-refractivity contribution in [1.82, 2.24) is 0 Å². The van der Waals surface area contributed by atoms with Crippen LogP contribution in [0.15, 0.2) is 30.3 Å². The lowest BCUT2D eigenvalue weighted by molar-refractivity contribution is -0.139. The van der Waals surface area contributed by atoms with Crippen LogP contribution in [-0.2, 0) is 17.6 Å². The molecule has 4 heteroatoms. The van der Waals surface area contributed by atoms with Gasteiger partial charge >= 0.3 is 5.97 Å². The van der Waals surface area contributed by atoms with E-state index in [4.69, 9.17) is 5.11 Å². The van der Waals surface area contributed by atoms with E-state index in [0.717, 1.165) is 34.6 Å². The van der Waals surface area contributed by atoms with Crippen molar-refractivity contribution in [2.24, 2.45) is 5.41 Å². The molecule has 0 atom stereocenters. The molecule has 1 heterocycles. The fourth-order valence-electron chi connectivity index (χ4n) is 3.19. The maximum absolute atomic E-state index is 12.8. The van der Waals surface area contributed by atoms with Crippen LogP contribution in [0.25, 0.3) is 0 Å². The number of carbonyl (C=O) groups is 2. The van der Waals surface area contributed by atoms with E-state index in [2.05, 4.69) is 31.2 Å². The summed E-state index contributed by atoms with van der Waals surface area (Å²) in [5, 5.41) is 9.02. The number of carbonyl (C=O) groups excluding carboxylic acids is 1. The molecule has 0 saturated heterocycles. The number of thiophene rings is 1. The molecule has 3 nitrogen and oxygen atoms in total. The Morgan fingerprint density at radius 3 is 2.31 bits per heavy atom. The van der Waals surface area contributed by atoms with Crippen LogP contribution >= 0.6 is 11.3 Å². The van der Waals surface area contributed by atoms with E-state index in [0.29, 0.717) is 0 Å². The normalized spacial score (nSPS) is 11.5. The lowest BCUT2D eigenvalue weighted by atomic mass is 9.82. The Balaban J connectivity index is 2.01. The van der Waals surface area contributed by atoms with Crippen LogP contribution in [0, 0.1) is 19.3 Å². The fourth-order valence-corrected chi connectivity index (χ4v) is 4.29. The molecule has 140 valence electrons. The maximum atomic E-state index is 12.8. The van der Waals surface area contributed by atoms with Crippen molar-refractivity contribution in [3.8, 4) is 0 Å². The number of aliphatic carboxylic acids is 1. The largest absolute Gasteiger partial charge is 0.481 e. The van der Waals surface area contributed by atoms with Gasteiger partial charge in [0.05, 0.1) is 6.42 Å². The van der Waals surface area contributed by atoms with Crippen LogP contribution in [0.4, 0.5) is 0 Å². The average molecular weight is 373 g/mol. The number of Topliss-reactive ketones (excluding diaryl/α,β-unsaturated/α-hetero) is 1. The second-order valence-corrected chi connectivity index (χ2v) is 9.21. The first-order chi connectivity index (χ1) is 12.2. The molecule has 1 N–H and O–H groups in total. The van der Waals surface area contributed by atoms with E-state index in [1.165, 1.54) is 11.1 Å². The Morgan fingerprint density at radius 1 is 1.04 bits per heavy atom. The van der Waals surface area contributed by atoms with Gasteiger partial charge in [0.15, 0.2) is 5.78 Å². The van der Waals surface area contributed by atoms with Gasteiger partial charge < -0.3 is 5.11 Å². The number of carboxylic acids is 1. The summed E-state index contributed by atoms with van der Waals surface area (Å²) in [5.74, 6) is -0.798. The highest BCUT2D eigenvalue weighted by molar-refractivity contribution is 7.12. The first kappa shape index (κ1) is 20.4. The molecule has 0 radical (unpaired) electrons. The monoisotopic (exact) mass is 372 g/mol. The van der Waals surface area contributed by atoms with E-state index < -0.39 is 11.4 Å². The molecule has 0 aliphatic carbocycles. The number of rotatable bonds is 9. The summed E-state index contributed by atoms with van der Waals surface area (Å²) in [5.41, 5.74) is 2.84. The SMILES string of the molecule is Cc1ccc(CCCc2sc(C)cc2C(=O)CC(C)(C)CC(=O)O)cc1. The Bertz CT molecular complexity index is 769. The molecule has 0 fully saturated rings. The number of hydrogen-bond donors (Lipinski definition) is 1. The molecule has 0 unspecified atom stereocenters. The second-order valence-electron chi connectivity index (χ2n) is 7.87. The van der Waals surface area contributed by atoms with Crippen LogP contribution in [-0.4, -0.2) is 16.9 Å². The third kappa shape index (κ3) is 6.10. The minimum absolute atomic E-state index is 0.00458. The van der Waals surface area contributed by atoms with Crippen LogP contribution in [0.3, 0.4) is 0 Å². The second kappa shape index (κ2) is 8.63. The maximum Gasteiger partial charge on any atom is 0.303 e. The van der Waals surface area contributed by atoms with Crippen molar-refractivity contribution in [1.29, 1.82) is 0 Å². The summed E-state index contributed by atoms with van der Waals surface area (Å²) >= 11 is 1.68. The Morgan fingerprint density at radius 2 is 1.69 bits per heavy atom. The van der Waals surface area contributed by atoms with Crippen molar-refractivity contribution >= 4 is 23.1 Å². The van der Waals surface area contributed by atoms with Gasteiger partial charge in [0.2, 0.25) is 0 Å². The zero-order valence-electron chi connectivity index (χ0n) is 16.1. The fraction of sp³-hybridized carbons (Fsp3) is 0.455. The molecule has 0 bridgehead atoms. The summed E-state index contributed by atoms with van der Waals surface area (Å²) < 4.78 is 0. The number of aryl methyl sites for hydroxylation is 4. The van der Waals surface area contributed by atoms with Gasteiger partial charge in [-0.05, 0) is 50.2 Å². The van der Waals surface area contributed by atoms with Crippen LogP contribution in [0.2, 0.25) is 0 Å². The van der Waals surface area contributed by atoms with Gasteiger partial charge in [-0.25, -0.2) is 0 Å². The van der Waals surface area contributed by atoms with E-state index in [1.54, 1.807) is 11.3 Å². The molecule has 0 amide bonds. The molecule has 0 spiro atoms. The third-order valence-corrected chi connectivity index (χ3v) is 5.60. The van der Waals surface area contributed by atoms with E-state index in [9.17, 15) is 9.59 Å².